The maximum absolute atomic E-state index is 14.2. The molecule has 0 radical (unpaired) electrons. The minimum atomic E-state index is -4.47. The monoisotopic (exact) mass is 368 g/mol. The van der Waals surface area contributed by atoms with Crippen molar-refractivity contribution in [3.8, 4) is 11.3 Å². The van der Waals surface area contributed by atoms with Crippen molar-refractivity contribution < 1.29 is 22.0 Å². The molecule has 0 aliphatic carbocycles. The number of H-pyrrole nitrogens is 1. The summed E-state index contributed by atoms with van der Waals surface area (Å²) in [5.74, 6) is -1.49. The molecule has 3 rings (SSSR count). The quantitative estimate of drug-likeness (QED) is 0.459. The smallest absolute Gasteiger partial charge is 0.354 e. The third-order valence-electron chi connectivity index (χ3n) is 4.31. The van der Waals surface area contributed by atoms with Crippen molar-refractivity contribution in [1.82, 2.24) is 4.98 Å². The van der Waals surface area contributed by atoms with Crippen molar-refractivity contribution >= 4 is 10.9 Å². The molecule has 0 aliphatic rings. The van der Waals surface area contributed by atoms with Crippen molar-refractivity contribution in [2.45, 2.75) is 25.4 Å². The number of halogens is 5. The van der Waals surface area contributed by atoms with Crippen LogP contribution in [0.15, 0.2) is 36.4 Å². The van der Waals surface area contributed by atoms with E-state index in [-0.39, 0.29) is 5.56 Å². The van der Waals surface area contributed by atoms with Crippen molar-refractivity contribution in [3.63, 3.8) is 0 Å². The van der Waals surface area contributed by atoms with Gasteiger partial charge in [-0.1, -0.05) is 0 Å². The van der Waals surface area contributed by atoms with Gasteiger partial charge in [-0.3, -0.25) is 0 Å². The van der Waals surface area contributed by atoms with Gasteiger partial charge in [-0.25, -0.2) is 8.78 Å². The third kappa shape index (κ3) is 3.58. The topological polar surface area (TPSA) is 41.8 Å². The average molecular weight is 368 g/mol. The van der Waals surface area contributed by atoms with Crippen molar-refractivity contribution in [3.05, 3.63) is 59.2 Å². The summed E-state index contributed by atoms with van der Waals surface area (Å²) < 4.78 is 66.6. The van der Waals surface area contributed by atoms with Gasteiger partial charge >= 0.3 is 6.18 Å². The van der Waals surface area contributed by atoms with Gasteiger partial charge in [-0.05, 0) is 61.7 Å². The standard InChI is InChI=1S/C19H17F5N2/c20-12-5-6-14(16(21)10-12)18-13(3-1-2-8-25)15-9-11(19(22,23)24)4-7-17(15)26-18/h4-7,9-10,26H,1-3,8,25H2. The highest BCUT2D eigenvalue weighted by atomic mass is 19.4. The van der Waals surface area contributed by atoms with Gasteiger partial charge in [0.15, 0.2) is 0 Å². The predicted molar refractivity (Wildman–Crippen MR) is 90.6 cm³/mol. The van der Waals surface area contributed by atoms with Crippen LogP contribution in [-0.4, -0.2) is 11.5 Å². The molecule has 0 unspecified atom stereocenters. The van der Waals surface area contributed by atoms with Crippen LogP contribution in [0, 0.1) is 11.6 Å². The molecule has 0 spiro atoms. The number of unbranched alkanes of at least 4 members (excludes halogenated alkanes) is 1. The van der Waals surface area contributed by atoms with Gasteiger partial charge in [-0.15, -0.1) is 0 Å². The van der Waals surface area contributed by atoms with E-state index in [9.17, 15) is 22.0 Å². The zero-order valence-electron chi connectivity index (χ0n) is 13.8. The molecule has 2 aromatic carbocycles. The lowest BCUT2D eigenvalue weighted by Crippen LogP contribution is -2.04. The van der Waals surface area contributed by atoms with Gasteiger partial charge in [0.1, 0.15) is 11.6 Å². The van der Waals surface area contributed by atoms with Crippen LogP contribution in [0.2, 0.25) is 0 Å². The van der Waals surface area contributed by atoms with Gasteiger partial charge in [0.25, 0.3) is 0 Å². The number of alkyl halides is 3. The molecule has 0 atom stereocenters. The number of aryl methyl sites for hydroxylation is 1. The molecule has 0 bridgehead atoms. The third-order valence-corrected chi connectivity index (χ3v) is 4.31. The largest absolute Gasteiger partial charge is 0.416 e. The van der Waals surface area contributed by atoms with E-state index in [2.05, 4.69) is 4.98 Å². The van der Waals surface area contributed by atoms with Crippen LogP contribution < -0.4 is 5.73 Å². The van der Waals surface area contributed by atoms with Gasteiger partial charge < -0.3 is 10.7 Å². The van der Waals surface area contributed by atoms with Crippen LogP contribution in [0.3, 0.4) is 0 Å². The molecule has 3 aromatic rings. The summed E-state index contributed by atoms with van der Waals surface area (Å²) in [5, 5.41) is 0.385. The Hall–Kier alpha value is -2.41. The molecule has 0 amide bonds. The maximum Gasteiger partial charge on any atom is 0.416 e. The van der Waals surface area contributed by atoms with E-state index in [1.54, 1.807) is 0 Å². The summed E-state index contributed by atoms with van der Waals surface area (Å²) in [6, 6.07) is 6.53. The molecule has 26 heavy (non-hydrogen) atoms. The minimum absolute atomic E-state index is 0.124. The molecular weight excluding hydrogens is 351 g/mol. The van der Waals surface area contributed by atoms with Crippen molar-refractivity contribution in [2.24, 2.45) is 5.73 Å². The number of nitrogens with one attached hydrogen (secondary N) is 1. The Morgan fingerprint density at radius 2 is 1.73 bits per heavy atom. The maximum atomic E-state index is 14.2. The first kappa shape index (κ1) is 18.4. The summed E-state index contributed by atoms with van der Waals surface area (Å²) in [5.41, 5.74) is 6.26. The number of nitrogens with two attached hydrogens (primary N) is 1. The Balaban J connectivity index is 2.19. The molecule has 0 saturated heterocycles. The first-order valence-corrected chi connectivity index (χ1v) is 8.18. The second-order valence-corrected chi connectivity index (χ2v) is 6.11. The lowest BCUT2D eigenvalue weighted by Gasteiger charge is -2.08. The van der Waals surface area contributed by atoms with Crippen molar-refractivity contribution in [1.29, 1.82) is 0 Å². The molecule has 3 N–H and O–H groups in total. The van der Waals surface area contributed by atoms with Crippen molar-refractivity contribution in [2.75, 3.05) is 6.54 Å². The fourth-order valence-corrected chi connectivity index (χ4v) is 3.05. The van der Waals surface area contributed by atoms with E-state index >= 15 is 0 Å². The fraction of sp³-hybridized carbons (Fsp3) is 0.263. The normalized spacial score (nSPS) is 12.1. The SMILES string of the molecule is NCCCCc1c(-c2ccc(F)cc2F)[nH]c2ccc(C(F)(F)F)cc12. The zero-order chi connectivity index (χ0) is 18.9. The molecule has 1 aromatic heterocycles. The first-order valence-electron chi connectivity index (χ1n) is 8.18. The molecule has 7 heteroatoms. The molecular formula is C19H17F5N2. The number of rotatable bonds is 5. The summed E-state index contributed by atoms with van der Waals surface area (Å²) >= 11 is 0. The fourth-order valence-electron chi connectivity index (χ4n) is 3.05. The van der Waals surface area contributed by atoms with Crippen LogP contribution in [-0.2, 0) is 12.6 Å². The highest BCUT2D eigenvalue weighted by molar-refractivity contribution is 5.91. The zero-order valence-corrected chi connectivity index (χ0v) is 13.8. The Kier molecular flexibility index (Phi) is 5.00. The van der Waals surface area contributed by atoms with Crippen LogP contribution in [0.25, 0.3) is 22.2 Å². The van der Waals surface area contributed by atoms with Gasteiger partial charge in [0, 0.05) is 22.5 Å². The molecule has 0 aliphatic heterocycles. The van der Waals surface area contributed by atoms with Crippen LogP contribution in [0.4, 0.5) is 22.0 Å². The van der Waals surface area contributed by atoms with E-state index < -0.39 is 23.4 Å². The highest BCUT2D eigenvalue weighted by Gasteiger charge is 2.31. The van der Waals surface area contributed by atoms with Gasteiger partial charge in [0.05, 0.1) is 11.3 Å². The lowest BCUT2D eigenvalue weighted by molar-refractivity contribution is -0.137. The average Bonchev–Trinajstić information content (AvgIpc) is 2.92. The summed E-state index contributed by atoms with van der Waals surface area (Å²) in [6.45, 7) is 0.455. The van der Waals surface area contributed by atoms with E-state index in [1.165, 1.54) is 12.1 Å². The second kappa shape index (κ2) is 7.07. The predicted octanol–water partition coefficient (Wildman–Crippen LogP) is 5.41. The molecule has 0 saturated carbocycles. The summed E-state index contributed by atoms with van der Waals surface area (Å²) in [7, 11) is 0. The first-order chi connectivity index (χ1) is 12.3. The summed E-state index contributed by atoms with van der Waals surface area (Å²) in [6.07, 6.45) is -2.70. The molecule has 0 fully saturated rings. The summed E-state index contributed by atoms with van der Waals surface area (Å²) in [4.78, 5) is 2.99. The Morgan fingerprint density at radius 1 is 0.962 bits per heavy atom. The Morgan fingerprint density at radius 3 is 2.38 bits per heavy atom. The van der Waals surface area contributed by atoms with Gasteiger partial charge in [-0.2, -0.15) is 13.2 Å². The Bertz CT molecular complexity index is 928. The molecule has 2 nitrogen and oxygen atoms in total. The van der Waals surface area contributed by atoms with Gasteiger partial charge in [0.2, 0.25) is 0 Å². The number of hydrogen-bond donors (Lipinski definition) is 2. The number of fused-ring (bicyclic) bond motifs is 1. The minimum Gasteiger partial charge on any atom is -0.354 e. The van der Waals surface area contributed by atoms with E-state index in [4.69, 9.17) is 5.73 Å². The highest BCUT2D eigenvalue weighted by Crippen LogP contribution is 2.37. The number of aromatic amines is 1. The number of benzene rings is 2. The number of aromatic nitrogens is 1. The van der Waals surface area contributed by atoms with Crippen LogP contribution in [0.1, 0.15) is 24.0 Å². The van der Waals surface area contributed by atoms with E-state index in [1.807, 2.05) is 0 Å². The Labute approximate surface area is 146 Å². The van der Waals surface area contributed by atoms with E-state index in [0.717, 1.165) is 24.3 Å². The molecule has 138 valence electrons. The molecule has 1 heterocycles. The van der Waals surface area contributed by atoms with E-state index in [0.29, 0.717) is 48.0 Å². The van der Waals surface area contributed by atoms with Crippen LogP contribution >= 0.6 is 0 Å². The second-order valence-electron chi connectivity index (χ2n) is 6.11. The lowest BCUT2D eigenvalue weighted by atomic mass is 9.99. The van der Waals surface area contributed by atoms with Crippen LogP contribution in [0.5, 0.6) is 0 Å². The number of hydrogen-bond acceptors (Lipinski definition) is 1.